The Morgan fingerprint density at radius 2 is 2.06 bits per heavy atom. The Balaban J connectivity index is 3.20. The van der Waals surface area contributed by atoms with Gasteiger partial charge >= 0.3 is 5.97 Å². The van der Waals surface area contributed by atoms with E-state index in [0.29, 0.717) is 17.1 Å². The van der Waals surface area contributed by atoms with Crippen molar-refractivity contribution in [2.24, 2.45) is 5.73 Å². The highest BCUT2D eigenvalue weighted by Crippen LogP contribution is 2.36. The molecule has 0 aliphatic rings. The van der Waals surface area contributed by atoms with Crippen LogP contribution in [0.2, 0.25) is 0 Å². The van der Waals surface area contributed by atoms with E-state index in [9.17, 15) is 4.79 Å². The van der Waals surface area contributed by atoms with E-state index < -0.39 is 12.0 Å². The molecular formula is C12H17NO4. The zero-order valence-corrected chi connectivity index (χ0v) is 10.2. The van der Waals surface area contributed by atoms with Crippen molar-refractivity contribution in [3.63, 3.8) is 0 Å². The van der Waals surface area contributed by atoms with E-state index >= 15 is 0 Å². The molecule has 0 amide bonds. The summed E-state index contributed by atoms with van der Waals surface area (Å²) < 4.78 is 10.4. The first-order valence-electron chi connectivity index (χ1n) is 5.19. The zero-order valence-electron chi connectivity index (χ0n) is 10.2. The van der Waals surface area contributed by atoms with Crippen LogP contribution in [0, 0.1) is 6.92 Å². The number of carboxylic acids is 1. The molecular weight excluding hydrogens is 222 g/mol. The Hall–Kier alpha value is -1.75. The van der Waals surface area contributed by atoms with Crippen LogP contribution >= 0.6 is 0 Å². The van der Waals surface area contributed by atoms with Gasteiger partial charge in [-0.05, 0) is 18.6 Å². The van der Waals surface area contributed by atoms with Gasteiger partial charge in [-0.1, -0.05) is 6.07 Å². The quantitative estimate of drug-likeness (QED) is 0.813. The summed E-state index contributed by atoms with van der Waals surface area (Å²) >= 11 is 0. The van der Waals surface area contributed by atoms with Crippen molar-refractivity contribution in [3.05, 3.63) is 23.3 Å². The second-order valence-electron chi connectivity index (χ2n) is 3.79. The number of rotatable bonds is 5. The van der Waals surface area contributed by atoms with Crippen molar-refractivity contribution < 1.29 is 19.4 Å². The van der Waals surface area contributed by atoms with Crippen LogP contribution in [0.25, 0.3) is 0 Å². The van der Waals surface area contributed by atoms with E-state index in [1.165, 1.54) is 14.2 Å². The summed E-state index contributed by atoms with van der Waals surface area (Å²) in [6, 6.07) is 3.02. The van der Waals surface area contributed by atoms with Crippen molar-refractivity contribution in [2.45, 2.75) is 19.4 Å². The summed E-state index contributed by atoms with van der Waals surface area (Å²) in [5, 5.41) is 8.75. The Morgan fingerprint density at radius 3 is 2.53 bits per heavy atom. The number of ether oxygens (including phenoxy) is 2. The fourth-order valence-electron chi connectivity index (χ4n) is 1.71. The molecule has 0 aliphatic heterocycles. The van der Waals surface area contributed by atoms with Crippen molar-refractivity contribution in [1.29, 1.82) is 0 Å². The smallest absolute Gasteiger partial charge is 0.305 e. The summed E-state index contributed by atoms with van der Waals surface area (Å²) in [7, 11) is 3.04. The number of aryl methyl sites for hydroxylation is 1. The number of nitrogens with two attached hydrogens (primary N) is 1. The van der Waals surface area contributed by atoms with Crippen LogP contribution in [0.3, 0.4) is 0 Å². The lowest BCUT2D eigenvalue weighted by Gasteiger charge is -2.17. The molecule has 0 spiro atoms. The van der Waals surface area contributed by atoms with Gasteiger partial charge in [0.1, 0.15) is 0 Å². The van der Waals surface area contributed by atoms with Crippen LogP contribution in [0.5, 0.6) is 11.5 Å². The number of hydrogen-bond acceptors (Lipinski definition) is 4. The third kappa shape index (κ3) is 3.10. The molecule has 0 saturated heterocycles. The van der Waals surface area contributed by atoms with Crippen LogP contribution in [-0.4, -0.2) is 25.3 Å². The third-order valence-corrected chi connectivity index (χ3v) is 2.45. The van der Waals surface area contributed by atoms with Crippen LogP contribution in [-0.2, 0) is 4.79 Å². The molecule has 0 radical (unpaired) electrons. The average Bonchev–Trinajstić information content (AvgIpc) is 2.26. The summed E-state index contributed by atoms with van der Waals surface area (Å²) in [6.45, 7) is 1.89. The van der Waals surface area contributed by atoms with E-state index in [1.54, 1.807) is 0 Å². The molecule has 94 valence electrons. The van der Waals surface area contributed by atoms with Crippen molar-refractivity contribution in [3.8, 4) is 11.5 Å². The van der Waals surface area contributed by atoms with E-state index in [1.807, 2.05) is 19.1 Å². The third-order valence-electron chi connectivity index (χ3n) is 2.45. The highest BCUT2D eigenvalue weighted by atomic mass is 16.5. The summed E-state index contributed by atoms with van der Waals surface area (Å²) in [6.07, 6.45) is -0.150. The topological polar surface area (TPSA) is 81.8 Å². The molecule has 1 unspecified atom stereocenters. The summed E-state index contributed by atoms with van der Waals surface area (Å²) in [5.41, 5.74) is 7.44. The number of hydrogen-bond donors (Lipinski definition) is 2. The molecule has 5 nitrogen and oxygen atoms in total. The van der Waals surface area contributed by atoms with Gasteiger partial charge in [0.25, 0.3) is 0 Å². The van der Waals surface area contributed by atoms with Crippen LogP contribution in [0.1, 0.15) is 23.6 Å². The highest BCUT2D eigenvalue weighted by molar-refractivity contribution is 5.68. The van der Waals surface area contributed by atoms with Crippen LogP contribution in [0.4, 0.5) is 0 Å². The fourth-order valence-corrected chi connectivity index (χ4v) is 1.71. The summed E-state index contributed by atoms with van der Waals surface area (Å²) in [4.78, 5) is 10.7. The maximum atomic E-state index is 10.7. The normalized spacial score (nSPS) is 12.0. The second kappa shape index (κ2) is 5.54. The highest BCUT2D eigenvalue weighted by Gasteiger charge is 2.19. The van der Waals surface area contributed by atoms with E-state index in [-0.39, 0.29) is 6.42 Å². The molecule has 0 aromatic heterocycles. The Bertz CT molecular complexity index is 417. The van der Waals surface area contributed by atoms with Gasteiger partial charge in [0.15, 0.2) is 11.5 Å². The standard InChI is InChI=1S/C12H17NO4/c1-7-4-8(9(13)6-11(14)15)12(17-3)10(5-7)16-2/h4-5,9H,6,13H2,1-3H3,(H,14,15). The number of aliphatic carboxylic acids is 1. The van der Waals surface area contributed by atoms with Crippen molar-refractivity contribution >= 4 is 5.97 Å². The van der Waals surface area contributed by atoms with Crippen molar-refractivity contribution in [2.75, 3.05) is 14.2 Å². The Kier molecular flexibility index (Phi) is 4.34. The summed E-state index contributed by atoms with van der Waals surface area (Å²) in [5.74, 6) is 0.107. The van der Waals surface area contributed by atoms with Gasteiger partial charge in [-0.15, -0.1) is 0 Å². The molecule has 0 aliphatic carbocycles. The first-order valence-corrected chi connectivity index (χ1v) is 5.19. The first kappa shape index (κ1) is 13.3. The van der Waals surface area contributed by atoms with Gasteiger partial charge in [-0.25, -0.2) is 0 Å². The molecule has 1 aromatic rings. The number of benzene rings is 1. The maximum absolute atomic E-state index is 10.7. The van der Waals surface area contributed by atoms with Gasteiger partial charge in [0.2, 0.25) is 0 Å². The molecule has 0 bridgehead atoms. The number of carbonyl (C=O) groups is 1. The minimum atomic E-state index is -0.944. The molecule has 1 atom stereocenters. The van der Waals surface area contributed by atoms with E-state index in [0.717, 1.165) is 5.56 Å². The Morgan fingerprint density at radius 1 is 1.41 bits per heavy atom. The molecule has 1 aromatic carbocycles. The van der Waals surface area contributed by atoms with Crippen molar-refractivity contribution in [1.82, 2.24) is 0 Å². The lowest BCUT2D eigenvalue weighted by Crippen LogP contribution is -2.16. The van der Waals surface area contributed by atoms with E-state index in [2.05, 4.69) is 0 Å². The van der Waals surface area contributed by atoms with Gasteiger partial charge in [0, 0.05) is 11.6 Å². The average molecular weight is 239 g/mol. The van der Waals surface area contributed by atoms with Crippen LogP contribution in [0.15, 0.2) is 12.1 Å². The molecule has 0 fully saturated rings. The predicted molar refractivity (Wildman–Crippen MR) is 63.5 cm³/mol. The fraction of sp³-hybridized carbons (Fsp3) is 0.417. The molecule has 0 heterocycles. The molecule has 3 N–H and O–H groups in total. The van der Waals surface area contributed by atoms with Gasteiger partial charge in [0.05, 0.1) is 20.6 Å². The SMILES string of the molecule is COc1cc(C)cc(C(N)CC(=O)O)c1OC. The van der Waals surface area contributed by atoms with Gasteiger partial charge in [-0.3, -0.25) is 4.79 Å². The lowest BCUT2D eigenvalue weighted by atomic mass is 10.0. The minimum Gasteiger partial charge on any atom is -0.493 e. The maximum Gasteiger partial charge on any atom is 0.305 e. The molecule has 1 rings (SSSR count). The second-order valence-corrected chi connectivity index (χ2v) is 3.79. The molecule has 5 heteroatoms. The predicted octanol–water partition coefficient (Wildman–Crippen LogP) is 1.49. The molecule has 17 heavy (non-hydrogen) atoms. The van der Waals surface area contributed by atoms with E-state index in [4.69, 9.17) is 20.3 Å². The van der Waals surface area contributed by atoms with Gasteiger partial charge < -0.3 is 20.3 Å². The minimum absolute atomic E-state index is 0.150. The monoisotopic (exact) mass is 239 g/mol. The lowest BCUT2D eigenvalue weighted by molar-refractivity contribution is -0.137. The Labute approximate surface area is 100 Å². The largest absolute Gasteiger partial charge is 0.493 e. The number of methoxy groups -OCH3 is 2. The zero-order chi connectivity index (χ0) is 13.0. The first-order chi connectivity index (χ1) is 7.99. The molecule has 0 saturated carbocycles. The van der Waals surface area contributed by atoms with Crippen LogP contribution < -0.4 is 15.2 Å². The van der Waals surface area contributed by atoms with Gasteiger partial charge in [-0.2, -0.15) is 0 Å². The number of carboxylic acid groups (broad SMARTS) is 1.